The van der Waals surface area contributed by atoms with Gasteiger partial charge in [-0.1, -0.05) is 13.8 Å². The van der Waals surface area contributed by atoms with E-state index in [1.807, 2.05) is 22.7 Å². The van der Waals surface area contributed by atoms with E-state index in [1.165, 1.54) is 0 Å². The quantitative estimate of drug-likeness (QED) is 0.943. The number of rotatable bonds is 4. The number of nitrogens with zero attached hydrogens (tertiary/aromatic N) is 3. The highest BCUT2D eigenvalue weighted by molar-refractivity contribution is 9.10. The lowest BCUT2D eigenvalue weighted by Crippen LogP contribution is -2.17. The number of fused-ring (bicyclic) bond motifs is 1. The Morgan fingerprint density at radius 3 is 2.76 bits per heavy atom. The van der Waals surface area contributed by atoms with Gasteiger partial charge < -0.3 is 5.73 Å². The Balaban J connectivity index is 2.42. The normalized spacial score (nSPS) is 13.5. The zero-order valence-corrected chi connectivity index (χ0v) is 11.7. The first kappa shape index (κ1) is 12.5. The molecule has 2 aromatic heterocycles. The zero-order valence-electron chi connectivity index (χ0n) is 10.1. The molecule has 0 saturated heterocycles. The third kappa shape index (κ3) is 2.66. The van der Waals surface area contributed by atoms with Crippen molar-refractivity contribution in [3.8, 4) is 0 Å². The van der Waals surface area contributed by atoms with Crippen LogP contribution in [0, 0.1) is 5.92 Å². The van der Waals surface area contributed by atoms with E-state index >= 15 is 0 Å². The molecule has 0 radical (unpaired) electrons. The number of halogens is 1. The average Bonchev–Trinajstić information content (AvgIpc) is 2.68. The van der Waals surface area contributed by atoms with Gasteiger partial charge in [-0.05, 0) is 40.4 Å². The Labute approximate surface area is 109 Å². The Hall–Kier alpha value is -0.940. The summed E-state index contributed by atoms with van der Waals surface area (Å²) in [5.41, 5.74) is 6.71. The molecule has 2 N–H and O–H groups in total. The van der Waals surface area contributed by atoms with Crippen molar-refractivity contribution in [2.75, 3.05) is 6.54 Å². The maximum Gasteiger partial charge on any atom is 0.160 e. The van der Waals surface area contributed by atoms with Crippen LogP contribution in [0.2, 0.25) is 0 Å². The summed E-state index contributed by atoms with van der Waals surface area (Å²) in [5, 5.41) is 8.45. The van der Waals surface area contributed by atoms with Gasteiger partial charge in [-0.25, -0.2) is 0 Å². The fourth-order valence-corrected chi connectivity index (χ4v) is 2.37. The van der Waals surface area contributed by atoms with Gasteiger partial charge in [0.05, 0.1) is 0 Å². The minimum atomic E-state index is 0.263. The van der Waals surface area contributed by atoms with Gasteiger partial charge in [-0.3, -0.25) is 4.40 Å². The molecule has 4 nitrogen and oxygen atoms in total. The molecular weight excluding hydrogens is 280 g/mol. The molecule has 0 aromatic carbocycles. The summed E-state index contributed by atoms with van der Waals surface area (Å²) < 4.78 is 3.04. The molecule has 0 fully saturated rings. The van der Waals surface area contributed by atoms with Crippen LogP contribution in [-0.2, 0) is 0 Å². The van der Waals surface area contributed by atoms with Crippen molar-refractivity contribution < 1.29 is 0 Å². The topological polar surface area (TPSA) is 56.2 Å². The monoisotopic (exact) mass is 296 g/mol. The van der Waals surface area contributed by atoms with Crippen molar-refractivity contribution in [2.24, 2.45) is 11.7 Å². The average molecular weight is 297 g/mol. The highest BCUT2D eigenvalue weighted by atomic mass is 79.9. The molecule has 0 amide bonds. The van der Waals surface area contributed by atoms with Crippen LogP contribution >= 0.6 is 15.9 Å². The predicted octanol–water partition coefficient (Wildman–Crippen LogP) is 2.58. The van der Waals surface area contributed by atoms with Crippen LogP contribution in [-0.4, -0.2) is 21.1 Å². The lowest BCUT2D eigenvalue weighted by Gasteiger charge is -2.15. The smallest absolute Gasteiger partial charge is 0.160 e. The molecule has 0 aliphatic carbocycles. The molecule has 92 valence electrons. The molecule has 2 heterocycles. The number of hydrogen-bond acceptors (Lipinski definition) is 3. The molecule has 0 saturated carbocycles. The standard InChI is InChI=1S/C12H17BrN4/c1-8(2)5-9(6-14)12-16-15-11-4-3-10(13)7-17(11)12/h3-4,7-9H,5-6,14H2,1-2H3. The van der Waals surface area contributed by atoms with E-state index in [2.05, 4.69) is 40.0 Å². The van der Waals surface area contributed by atoms with Crippen LogP contribution in [0.1, 0.15) is 32.0 Å². The minimum absolute atomic E-state index is 0.263. The summed E-state index contributed by atoms with van der Waals surface area (Å²) in [6.07, 6.45) is 3.03. The van der Waals surface area contributed by atoms with Crippen LogP contribution in [0.25, 0.3) is 5.65 Å². The van der Waals surface area contributed by atoms with Gasteiger partial charge in [0.2, 0.25) is 0 Å². The van der Waals surface area contributed by atoms with E-state index < -0.39 is 0 Å². The summed E-state index contributed by atoms with van der Waals surface area (Å²) in [7, 11) is 0. The van der Waals surface area contributed by atoms with Gasteiger partial charge in [0.25, 0.3) is 0 Å². The van der Waals surface area contributed by atoms with Crippen molar-refractivity contribution in [1.82, 2.24) is 14.6 Å². The van der Waals surface area contributed by atoms with E-state index in [1.54, 1.807) is 0 Å². The number of pyridine rings is 1. The SMILES string of the molecule is CC(C)CC(CN)c1nnc2ccc(Br)cn12. The number of hydrogen-bond donors (Lipinski definition) is 1. The van der Waals surface area contributed by atoms with Gasteiger partial charge in [0.15, 0.2) is 5.65 Å². The Morgan fingerprint density at radius 2 is 2.12 bits per heavy atom. The second-order valence-electron chi connectivity index (χ2n) is 4.70. The summed E-state index contributed by atoms with van der Waals surface area (Å²) in [4.78, 5) is 0. The van der Waals surface area contributed by atoms with Gasteiger partial charge in [-0.2, -0.15) is 0 Å². The van der Waals surface area contributed by atoms with Crippen LogP contribution < -0.4 is 5.73 Å². The molecule has 17 heavy (non-hydrogen) atoms. The van der Waals surface area contributed by atoms with E-state index in [4.69, 9.17) is 5.73 Å². The van der Waals surface area contributed by atoms with Gasteiger partial charge in [-0.15, -0.1) is 10.2 Å². The second-order valence-corrected chi connectivity index (χ2v) is 5.61. The fourth-order valence-electron chi connectivity index (χ4n) is 2.04. The second kappa shape index (κ2) is 5.14. The molecule has 2 rings (SSSR count). The Kier molecular flexibility index (Phi) is 3.79. The molecule has 0 bridgehead atoms. The van der Waals surface area contributed by atoms with Crippen molar-refractivity contribution in [2.45, 2.75) is 26.2 Å². The highest BCUT2D eigenvalue weighted by Gasteiger charge is 2.18. The van der Waals surface area contributed by atoms with Crippen LogP contribution in [0.3, 0.4) is 0 Å². The largest absolute Gasteiger partial charge is 0.330 e. The van der Waals surface area contributed by atoms with E-state index in [0.717, 1.165) is 22.4 Å². The lowest BCUT2D eigenvalue weighted by molar-refractivity contribution is 0.485. The third-order valence-electron chi connectivity index (χ3n) is 2.80. The van der Waals surface area contributed by atoms with Crippen molar-refractivity contribution >= 4 is 21.6 Å². The molecule has 5 heteroatoms. The van der Waals surface area contributed by atoms with Gasteiger partial charge >= 0.3 is 0 Å². The first-order chi connectivity index (χ1) is 8.11. The van der Waals surface area contributed by atoms with Gasteiger partial charge in [0, 0.05) is 23.1 Å². The zero-order chi connectivity index (χ0) is 12.4. The van der Waals surface area contributed by atoms with E-state index in [9.17, 15) is 0 Å². The molecule has 1 atom stereocenters. The van der Waals surface area contributed by atoms with Crippen LogP contribution in [0.4, 0.5) is 0 Å². The molecular formula is C12H17BrN4. The lowest BCUT2D eigenvalue weighted by atomic mass is 9.96. The molecule has 0 aliphatic rings. The molecule has 0 aliphatic heterocycles. The summed E-state index contributed by atoms with van der Waals surface area (Å²) >= 11 is 3.47. The maximum absolute atomic E-state index is 5.85. The molecule has 0 spiro atoms. The van der Waals surface area contributed by atoms with Gasteiger partial charge in [0.1, 0.15) is 5.82 Å². The number of aromatic nitrogens is 3. The highest BCUT2D eigenvalue weighted by Crippen LogP contribution is 2.23. The van der Waals surface area contributed by atoms with Crippen LogP contribution in [0.5, 0.6) is 0 Å². The van der Waals surface area contributed by atoms with E-state index in [0.29, 0.717) is 12.5 Å². The molecule has 2 aromatic rings. The Bertz CT molecular complexity index is 506. The maximum atomic E-state index is 5.85. The van der Waals surface area contributed by atoms with Crippen molar-refractivity contribution in [1.29, 1.82) is 0 Å². The summed E-state index contributed by atoms with van der Waals surface area (Å²) in [5.74, 6) is 1.82. The first-order valence-electron chi connectivity index (χ1n) is 5.82. The Morgan fingerprint density at radius 1 is 1.35 bits per heavy atom. The summed E-state index contributed by atoms with van der Waals surface area (Å²) in [6, 6.07) is 3.91. The number of nitrogens with two attached hydrogens (primary N) is 1. The first-order valence-corrected chi connectivity index (χ1v) is 6.61. The third-order valence-corrected chi connectivity index (χ3v) is 3.27. The van der Waals surface area contributed by atoms with Crippen LogP contribution in [0.15, 0.2) is 22.8 Å². The van der Waals surface area contributed by atoms with Crippen molar-refractivity contribution in [3.05, 3.63) is 28.6 Å². The predicted molar refractivity (Wildman–Crippen MR) is 71.9 cm³/mol. The molecule has 1 unspecified atom stereocenters. The van der Waals surface area contributed by atoms with E-state index in [-0.39, 0.29) is 5.92 Å². The van der Waals surface area contributed by atoms with Crippen molar-refractivity contribution in [3.63, 3.8) is 0 Å². The summed E-state index contributed by atoms with van der Waals surface area (Å²) in [6.45, 7) is 5.00. The fraction of sp³-hybridized carbons (Fsp3) is 0.500. The minimum Gasteiger partial charge on any atom is -0.330 e.